The Hall–Kier alpha value is -0.650. The number of amides is 1. The summed E-state index contributed by atoms with van der Waals surface area (Å²) in [5, 5.41) is 3.22. The molecular formula is C14H29N3O2. The van der Waals surface area contributed by atoms with Crippen molar-refractivity contribution >= 4 is 5.91 Å². The number of nitrogens with zero attached hydrogens (tertiary/aromatic N) is 1. The van der Waals surface area contributed by atoms with Gasteiger partial charge in [-0.05, 0) is 38.8 Å². The summed E-state index contributed by atoms with van der Waals surface area (Å²) in [5.74, 6) is 0.469. The first kappa shape index (κ1) is 16.4. The SMILES string of the molecule is CC(C)NC(CCN(C)CC1CCOCC1)C(N)=O. The molecule has 1 atom stereocenters. The molecule has 0 aromatic rings. The summed E-state index contributed by atoms with van der Waals surface area (Å²) in [5.41, 5.74) is 5.42. The van der Waals surface area contributed by atoms with Crippen LogP contribution in [0.1, 0.15) is 33.1 Å². The zero-order chi connectivity index (χ0) is 14.3. The molecule has 0 spiro atoms. The molecule has 1 rings (SSSR count). The molecule has 1 heterocycles. The molecule has 1 amide bonds. The van der Waals surface area contributed by atoms with Gasteiger partial charge in [0.05, 0.1) is 6.04 Å². The van der Waals surface area contributed by atoms with Crippen LogP contribution in [0.2, 0.25) is 0 Å². The van der Waals surface area contributed by atoms with Crippen LogP contribution >= 0.6 is 0 Å². The molecule has 1 aliphatic heterocycles. The molecule has 0 aromatic carbocycles. The minimum atomic E-state index is -0.256. The molecule has 3 N–H and O–H groups in total. The van der Waals surface area contributed by atoms with Crippen molar-refractivity contribution in [3.8, 4) is 0 Å². The lowest BCUT2D eigenvalue weighted by Crippen LogP contribution is -2.46. The summed E-state index contributed by atoms with van der Waals surface area (Å²) in [6.45, 7) is 7.80. The summed E-state index contributed by atoms with van der Waals surface area (Å²) < 4.78 is 5.36. The van der Waals surface area contributed by atoms with E-state index in [2.05, 4.69) is 17.3 Å². The number of hydrogen-bond acceptors (Lipinski definition) is 4. The maximum atomic E-state index is 11.4. The van der Waals surface area contributed by atoms with Crippen molar-refractivity contribution in [3.63, 3.8) is 0 Å². The van der Waals surface area contributed by atoms with E-state index in [0.29, 0.717) is 0 Å². The third-order valence-electron chi connectivity index (χ3n) is 3.59. The highest BCUT2D eigenvalue weighted by Crippen LogP contribution is 2.15. The largest absolute Gasteiger partial charge is 0.381 e. The highest BCUT2D eigenvalue weighted by Gasteiger charge is 2.19. The maximum Gasteiger partial charge on any atom is 0.234 e. The van der Waals surface area contributed by atoms with Crippen molar-refractivity contribution in [3.05, 3.63) is 0 Å². The molecule has 0 bridgehead atoms. The summed E-state index contributed by atoms with van der Waals surface area (Å²) in [6.07, 6.45) is 3.06. The van der Waals surface area contributed by atoms with Crippen LogP contribution in [0, 0.1) is 5.92 Å². The standard InChI is InChI=1S/C14H29N3O2/c1-11(2)16-13(14(15)18)4-7-17(3)10-12-5-8-19-9-6-12/h11-13,16H,4-10H2,1-3H3,(H2,15,18). The Balaban J connectivity index is 2.26. The number of ether oxygens (including phenoxy) is 1. The van der Waals surface area contributed by atoms with Gasteiger partial charge in [0.25, 0.3) is 0 Å². The molecule has 5 nitrogen and oxygen atoms in total. The van der Waals surface area contributed by atoms with E-state index in [1.807, 2.05) is 13.8 Å². The Labute approximate surface area is 116 Å². The molecule has 1 unspecified atom stereocenters. The van der Waals surface area contributed by atoms with E-state index in [-0.39, 0.29) is 18.0 Å². The van der Waals surface area contributed by atoms with E-state index in [4.69, 9.17) is 10.5 Å². The van der Waals surface area contributed by atoms with Gasteiger partial charge in [0, 0.05) is 25.8 Å². The molecule has 0 saturated carbocycles. The molecule has 1 fully saturated rings. The number of nitrogens with two attached hydrogens (primary N) is 1. The second-order valence-electron chi connectivity index (χ2n) is 5.88. The van der Waals surface area contributed by atoms with Gasteiger partial charge in [0.1, 0.15) is 0 Å². The number of nitrogens with one attached hydrogen (secondary N) is 1. The smallest absolute Gasteiger partial charge is 0.234 e. The second-order valence-corrected chi connectivity index (χ2v) is 5.88. The summed E-state index contributed by atoms with van der Waals surface area (Å²) in [6, 6.07) is 0.0513. The Morgan fingerprint density at radius 2 is 2.05 bits per heavy atom. The van der Waals surface area contributed by atoms with Crippen LogP contribution in [-0.2, 0) is 9.53 Å². The van der Waals surface area contributed by atoms with Gasteiger partial charge in [-0.3, -0.25) is 4.79 Å². The molecular weight excluding hydrogens is 242 g/mol. The number of hydrogen-bond donors (Lipinski definition) is 2. The van der Waals surface area contributed by atoms with Crippen molar-refractivity contribution in [1.29, 1.82) is 0 Å². The molecule has 0 aliphatic carbocycles. The fourth-order valence-electron chi connectivity index (χ4n) is 2.52. The van der Waals surface area contributed by atoms with Crippen LogP contribution < -0.4 is 11.1 Å². The van der Waals surface area contributed by atoms with Crippen LogP contribution in [-0.4, -0.2) is 56.2 Å². The molecule has 0 radical (unpaired) electrons. The highest BCUT2D eigenvalue weighted by molar-refractivity contribution is 5.79. The lowest BCUT2D eigenvalue weighted by molar-refractivity contribution is -0.120. The van der Waals surface area contributed by atoms with Crippen LogP contribution in [0.25, 0.3) is 0 Å². The van der Waals surface area contributed by atoms with Gasteiger partial charge in [-0.2, -0.15) is 0 Å². The Kier molecular flexibility index (Phi) is 7.34. The van der Waals surface area contributed by atoms with Gasteiger partial charge in [-0.1, -0.05) is 13.8 Å². The van der Waals surface area contributed by atoms with Crippen molar-refractivity contribution in [2.75, 3.05) is 33.4 Å². The van der Waals surface area contributed by atoms with E-state index < -0.39 is 0 Å². The van der Waals surface area contributed by atoms with Crippen molar-refractivity contribution in [2.45, 2.75) is 45.2 Å². The average molecular weight is 271 g/mol. The van der Waals surface area contributed by atoms with Gasteiger partial charge in [0.2, 0.25) is 5.91 Å². The maximum absolute atomic E-state index is 11.4. The second kappa shape index (κ2) is 8.51. The van der Waals surface area contributed by atoms with Crippen molar-refractivity contribution in [2.24, 2.45) is 11.7 Å². The third kappa shape index (κ3) is 6.89. The Morgan fingerprint density at radius 3 is 2.58 bits per heavy atom. The van der Waals surface area contributed by atoms with Gasteiger partial charge in [-0.25, -0.2) is 0 Å². The van der Waals surface area contributed by atoms with Gasteiger partial charge in [-0.15, -0.1) is 0 Å². The number of primary amides is 1. The Bertz CT molecular complexity index is 265. The molecule has 19 heavy (non-hydrogen) atoms. The van der Waals surface area contributed by atoms with Gasteiger partial charge < -0.3 is 20.7 Å². The monoisotopic (exact) mass is 271 g/mol. The average Bonchev–Trinajstić information content (AvgIpc) is 2.35. The number of carbonyl (C=O) groups excluding carboxylic acids is 1. The summed E-state index contributed by atoms with van der Waals surface area (Å²) in [7, 11) is 2.11. The van der Waals surface area contributed by atoms with E-state index in [1.165, 1.54) is 0 Å². The third-order valence-corrected chi connectivity index (χ3v) is 3.59. The van der Waals surface area contributed by atoms with E-state index >= 15 is 0 Å². The first-order valence-electron chi connectivity index (χ1n) is 7.30. The van der Waals surface area contributed by atoms with E-state index in [1.54, 1.807) is 0 Å². The zero-order valence-corrected chi connectivity index (χ0v) is 12.5. The lowest BCUT2D eigenvalue weighted by atomic mass is 10.00. The predicted octanol–water partition coefficient (Wildman–Crippen LogP) is 0.587. The van der Waals surface area contributed by atoms with E-state index in [9.17, 15) is 4.79 Å². The van der Waals surface area contributed by atoms with Crippen LogP contribution in [0.5, 0.6) is 0 Å². The number of rotatable bonds is 8. The lowest BCUT2D eigenvalue weighted by Gasteiger charge is -2.28. The topological polar surface area (TPSA) is 67.6 Å². The van der Waals surface area contributed by atoms with Gasteiger partial charge >= 0.3 is 0 Å². The van der Waals surface area contributed by atoms with Crippen LogP contribution in [0.3, 0.4) is 0 Å². The van der Waals surface area contributed by atoms with E-state index in [0.717, 1.165) is 51.5 Å². The summed E-state index contributed by atoms with van der Waals surface area (Å²) in [4.78, 5) is 13.7. The fourth-order valence-corrected chi connectivity index (χ4v) is 2.52. The minimum absolute atomic E-state index is 0.225. The normalized spacial score (nSPS) is 19.0. The summed E-state index contributed by atoms with van der Waals surface area (Å²) >= 11 is 0. The fraction of sp³-hybridized carbons (Fsp3) is 0.929. The van der Waals surface area contributed by atoms with Crippen LogP contribution in [0.15, 0.2) is 0 Å². The van der Waals surface area contributed by atoms with Crippen molar-refractivity contribution < 1.29 is 9.53 Å². The first-order chi connectivity index (χ1) is 8.99. The molecule has 0 aromatic heterocycles. The highest BCUT2D eigenvalue weighted by atomic mass is 16.5. The van der Waals surface area contributed by atoms with Crippen LogP contribution in [0.4, 0.5) is 0 Å². The minimum Gasteiger partial charge on any atom is -0.381 e. The first-order valence-corrected chi connectivity index (χ1v) is 7.30. The quantitative estimate of drug-likeness (QED) is 0.678. The molecule has 5 heteroatoms. The molecule has 1 saturated heterocycles. The molecule has 1 aliphatic rings. The predicted molar refractivity (Wildman–Crippen MR) is 76.9 cm³/mol. The molecule has 112 valence electrons. The van der Waals surface area contributed by atoms with Crippen molar-refractivity contribution in [1.82, 2.24) is 10.2 Å². The Morgan fingerprint density at radius 1 is 1.42 bits per heavy atom. The number of carbonyl (C=O) groups is 1. The zero-order valence-electron chi connectivity index (χ0n) is 12.5. The van der Waals surface area contributed by atoms with Gasteiger partial charge in [0.15, 0.2) is 0 Å².